The molecule has 4 rings (SSSR count). The summed E-state index contributed by atoms with van der Waals surface area (Å²) in [5.74, 6) is 0.881. The topological polar surface area (TPSA) is 88.6 Å². The van der Waals surface area contributed by atoms with Crippen LogP contribution < -0.4 is 15.4 Å². The number of morpholine rings is 1. The number of benzene rings is 2. The van der Waals surface area contributed by atoms with Crippen molar-refractivity contribution in [2.45, 2.75) is 26.5 Å². The first-order chi connectivity index (χ1) is 16.1. The zero-order chi connectivity index (χ0) is 23.2. The smallest absolute Gasteiger partial charge is 0.247 e. The number of hydrogen-bond acceptors (Lipinski definition) is 7. The molecule has 1 aliphatic rings. The highest BCUT2D eigenvalue weighted by Gasteiger charge is 2.23. The fourth-order valence-corrected chi connectivity index (χ4v) is 3.85. The summed E-state index contributed by atoms with van der Waals surface area (Å²) >= 11 is 0. The molecule has 1 atom stereocenters. The van der Waals surface area contributed by atoms with Crippen molar-refractivity contribution in [1.29, 1.82) is 0 Å². The number of amides is 1. The van der Waals surface area contributed by atoms with Gasteiger partial charge in [0.1, 0.15) is 17.9 Å². The lowest BCUT2D eigenvalue weighted by Crippen LogP contribution is -2.46. The monoisotopic (exact) mass is 447 g/mol. The van der Waals surface area contributed by atoms with Gasteiger partial charge in [-0.05, 0) is 43.2 Å². The molecule has 0 radical (unpaired) electrons. The molecule has 2 aromatic carbocycles. The highest BCUT2D eigenvalue weighted by atomic mass is 16.5. The lowest BCUT2D eigenvalue weighted by Gasteiger charge is -2.34. The van der Waals surface area contributed by atoms with Crippen molar-refractivity contribution in [1.82, 2.24) is 14.9 Å². The lowest BCUT2D eigenvalue weighted by atomic mass is 10.1. The molecule has 1 unspecified atom stereocenters. The van der Waals surface area contributed by atoms with E-state index in [1.165, 1.54) is 12.4 Å². The average molecular weight is 448 g/mol. The summed E-state index contributed by atoms with van der Waals surface area (Å²) in [5, 5.41) is 7.00. The third-order valence-electron chi connectivity index (χ3n) is 5.53. The molecule has 172 valence electrons. The molecule has 1 amide bonds. The number of anilines is 3. The van der Waals surface area contributed by atoms with Crippen LogP contribution in [-0.2, 0) is 9.53 Å². The summed E-state index contributed by atoms with van der Waals surface area (Å²) in [7, 11) is 0. The first kappa shape index (κ1) is 22.7. The molecule has 2 N–H and O–H groups in total. The van der Waals surface area contributed by atoms with Gasteiger partial charge in [0.15, 0.2) is 6.23 Å². The van der Waals surface area contributed by atoms with Gasteiger partial charge in [0.25, 0.3) is 0 Å². The summed E-state index contributed by atoms with van der Waals surface area (Å²) in [6, 6.07) is 11.7. The van der Waals surface area contributed by atoms with E-state index in [1.807, 2.05) is 43.3 Å². The zero-order valence-corrected chi connectivity index (χ0v) is 19.0. The minimum Gasteiger partial charge on any atom is -0.473 e. The highest BCUT2D eigenvalue weighted by molar-refractivity contribution is 6.03. The second kappa shape index (κ2) is 10.4. The van der Waals surface area contributed by atoms with E-state index in [1.54, 1.807) is 0 Å². The van der Waals surface area contributed by atoms with Crippen molar-refractivity contribution in [3.63, 3.8) is 0 Å². The number of rotatable bonds is 8. The van der Waals surface area contributed by atoms with Crippen LogP contribution >= 0.6 is 0 Å². The molecule has 8 heteroatoms. The van der Waals surface area contributed by atoms with Crippen molar-refractivity contribution in [3.8, 4) is 5.75 Å². The molecule has 33 heavy (non-hydrogen) atoms. The summed E-state index contributed by atoms with van der Waals surface area (Å²) in [5.41, 5.74) is 3.32. The van der Waals surface area contributed by atoms with E-state index in [0.717, 1.165) is 36.1 Å². The molecule has 2 heterocycles. The van der Waals surface area contributed by atoms with E-state index in [-0.39, 0.29) is 12.1 Å². The zero-order valence-electron chi connectivity index (χ0n) is 19.0. The minimum atomic E-state index is -0.316. The van der Waals surface area contributed by atoms with Crippen molar-refractivity contribution in [2.24, 2.45) is 0 Å². The Kier molecular flexibility index (Phi) is 7.16. The molecular formula is C25H29N5O3. The van der Waals surface area contributed by atoms with Gasteiger partial charge in [-0.1, -0.05) is 25.6 Å². The van der Waals surface area contributed by atoms with Crippen molar-refractivity contribution in [2.75, 3.05) is 36.9 Å². The maximum atomic E-state index is 12.2. The fraction of sp³-hybridized carbons (Fsp3) is 0.320. The number of nitrogens with zero attached hydrogens (tertiary/aromatic N) is 3. The van der Waals surface area contributed by atoms with Gasteiger partial charge in [-0.25, -0.2) is 9.97 Å². The van der Waals surface area contributed by atoms with E-state index < -0.39 is 0 Å². The molecule has 0 aliphatic carbocycles. The van der Waals surface area contributed by atoms with Gasteiger partial charge in [-0.2, -0.15) is 0 Å². The Morgan fingerprint density at radius 3 is 2.82 bits per heavy atom. The third kappa shape index (κ3) is 5.47. The fourth-order valence-electron chi connectivity index (χ4n) is 3.85. The molecule has 8 nitrogen and oxygen atoms in total. The third-order valence-corrected chi connectivity index (χ3v) is 5.53. The molecule has 0 saturated carbocycles. The van der Waals surface area contributed by atoms with E-state index in [9.17, 15) is 4.79 Å². The normalized spacial score (nSPS) is 15.1. The Bertz CT molecular complexity index is 1140. The van der Waals surface area contributed by atoms with Crippen LogP contribution in [0.25, 0.3) is 10.9 Å². The predicted octanol–water partition coefficient (Wildman–Crippen LogP) is 4.25. The molecule has 1 aromatic heterocycles. The molecule has 0 spiro atoms. The van der Waals surface area contributed by atoms with Gasteiger partial charge in [0.05, 0.1) is 24.4 Å². The maximum absolute atomic E-state index is 12.2. The van der Waals surface area contributed by atoms with Gasteiger partial charge >= 0.3 is 0 Å². The van der Waals surface area contributed by atoms with Crippen LogP contribution in [0.1, 0.15) is 18.9 Å². The van der Waals surface area contributed by atoms with Gasteiger partial charge < -0.3 is 20.1 Å². The predicted molar refractivity (Wildman–Crippen MR) is 130 cm³/mol. The van der Waals surface area contributed by atoms with E-state index in [4.69, 9.17) is 9.47 Å². The molecule has 3 aromatic rings. The number of hydrogen-bond donors (Lipinski definition) is 2. The number of aryl methyl sites for hydroxylation is 1. The van der Waals surface area contributed by atoms with Crippen LogP contribution in [0.5, 0.6) is 5.75 Å². The average Bonchev–Trinajstić information content (AvgIpc) is 2.83. The number of carbonyl (C=O) groups excluding carboxylic acids is 1. The van der Waals surface area contributed by atoms with Gasteiger partial charge in [0.2, 0.25) is 5.91 Å². The van der Waals surface area contributed by atoms with E-state index >= 15 is 0 Å². The maximum Gasteiger partial charge on any atom is 0.247 e. The second-order valence-electron chi connectivity index (χ2n) is 7.90. The van der Waals surface area contributed by atoms with Crippen LogP contribution in [0.15, 0.2) is 55.4 Å². The number of ether oxygens (including phenoxy) is 2. The molecule has 1 aliphatic heterocycles. The van der Waals surface area contributed by atoms with Gasteiger partial charge in [-0.15, -0.1) is 0 Å². The molecular weight excluding hydrogens is 418 g/mol. The lowest BCUT2D eigenvalue weighted by molar-refractivity contribution is -0.111. The van der Waals surface area contributed by atoms with Crippen LogP contribution in [0, 0.1) is 6.92 Å². The van der Waals surface area contributed by atoms with Crippen molar-refractivity contribution >= 4 is 34.0 Å². The minimum absolute atomic E-state index is 0.141. The van der Waals surface area contributed by atoms with Crippen LogP contribution in [0.3, 0.4) is 0 Å². The van der Waals surface area contributed by atoms with Crippen molar-refractivity contribution in [3.05, 3.63) is 60.9 Å². The number of fused-ring (bicyclic) bond motifs is 1. The summed E-state index contributed by atoms with van der Waals surface area (Å²) in [6.07, 6.45) is 3.40. The van der Waals surface area contributed by atoms with E-state index in [2.05, 4.69) is 39.0 Å². The Balaban J connectivity index is 1.72. The summed E-state index contributed by atoms with van der Waals surface area (Å²) in [6.45, 7) is 10.6. The summed E-state index contributed by atoms with van der Waals surface area (Å²) < 4.78 is 11.9. The summed E-state index contributed by atoms with van der Waals surface area (Å²) in [4.78, 5) is 23.3. The quantitative estimate of drug-likeness (QED) is 0.499. The Hall–Kier alpha value is -3.49. The van der Waals surface area contributed by atoms with Crippen LogP contribution in [-0.4, -0.2) is 53.3 Å². The van der Waals surface area contributed by atoms with Crippen LogP contribution in [0.4, 0.5) is 17.2 Å². The second-order valence-corrected chi connectivity index (χ2v) is 7.90. The first-order valence-electron chi connectivity index (χ1n) is 11.1. The standard InChI is InChI=1S/C25H29N5O3/c1-4-23(31)29-21-14-19-20(15-22(21)33-24(5-2)30-9-11-32-12-10-30)26-16-27-25(19)28-18-8-6-7-17(3)13-18/h4,6-8,13-16,24H,1,5,9-12H2,2-3H3,(H,29,31)(H,26,27,28). The van der Waals surface area contributed by atoms with Gasteiger partial charge in [-0.3, -0.25) is 9.69 Å². The number of nitrogens with one attached hydrogen (secondary N) is 2. The Morgan fingerprint density at radius 1 is 1.27 bits per heavy atom. The molecule has 1 saturated heterocycles. The SMILES string of the molecule is C=CC(=O)Nc1cc2c(Nc3cccc(C)c3)ncnc2cc1OC(CC)N1CCOCC1. The molecule has 0 bridgehead atoms. The van der Waals surface area contributed by atoms with Crippen molar-refractivity contribution < 1.29 is 14.3 Å². The number of aromatic nitrogens is 2. The number of carbonyl (C=O) groups is 1. The Morgan fingerprint density at radius 2 is 2.09 bits per heavy atom. The highest BCUT2D eigenvalue weighted by Crippen LogP contribution is 2.34. The Labute approximate surface area is 193 Å². The molecule has 1 fully saturated rings. The van der Waals surface area contributed by atoms with E-state index in [0.29, 0.717) is 36.0 Å². The first-order valence-corrected chi connectivity index (χ1v) is 11.1. The van der Waals surface area contributed by atoms with Crippen LogP contribution in [0.2, 0.25) is 0 Å². The van der Waals surface area contributed by atoms with Gasteiger partial charge in [0, 0.05) is 30.2 Å². The largest absolute Gasteiger partial charge is 0.473 e.